The van der Waals surface area contributed by atoms with Gasteiger partial charge in [-0.2, -0.15) is 0 Å². The smallest absolute Gasteiger partial charge is 0.137 e. The van der Waals surface area contributed by atoms with Gasteiger partial charge >= 0.3 is 0 Å². The molecular formula is C11H16N2O. The van der Waals surface area contributed by atoms with Crippen molar-refractivity contribution in [3.8, 4) is 5.75 Å². The minimum Gasteiger partial charge on any atom is -0.495 e. The van der Waals surface area contributed by atoms with Crippen LogP contribution in [0.1, 0.15) is 12.1 Å². The van der Waals surface area contributed by atoms with Crippen LogP contribution in [0.25, 0.3) is 0 Å². The predicted molar refractivity (Wildman–Crippen MR) is 55.5 cm³/mol. The summed E-state index contributed by atoms with van der Waals surface area (Å²) in [5.41, 5.74) is 1.17. The van der Waals surface area contributed by atoms with Crippen LogP contribution in [-0.4, -0.2) is 25.2 Å². The monoisotopic (exact) mass is 192 g/mol. The van der Waals surface area contributed by atoms with E-state index in [2.05, 4.69) is 16.4 Å². The molecule has 0 unspecified atom stereocenters. The molecule has 0 bridgehead atoms. The molecule has 0 radical (unpaired) electrons. The maximum Gasteiger partial charge on any atom is 0.137 e. The summed E-state index contributed by atoms with van der Waals surface area (Å²) in [5.74, 6) is 1.59. The summed E-state index contributed by atoms with van der Waals surface area (Å²) in [6, 6.07) is 4.03. The summed E-state index contributed by atoms with van der Waals surface area (Å²) in [5, 5.41) is 3.36. The zero-order valence-electron chi connectivity index (χ0n) is 8.49. The van der Waals surface area contributed by atoms with Crippen LogP contribution in [0.4, 0.5) is 0 Å². The van der Waals surface area contributed by atoms with Crippen molar-refractivity contribution in [2.24, 2.45) is 5.92 Å². The number of nitrogens with zero attached hydrogens (tertiary/aromatic N) is 1. The van der Waals surface area contributed by atoms with Crippen LogP contribution in [-0.2, 0) is 6.42 Å². The number of pyridine rings is 1. The van der Waals surface area contributed by atoms with Gasteiger partial charge in [0.2, 0.25) is 0 Å². The van der Waals surface area contributed by atoms with Gasteiger partial charge in [-0.15, -0.1) is 0 Å². The van der Waals surface area contributed by atoms with E-state index in [1.165, 1.54) is 12.1 Å². The van der Waals surface area contributed by atoms with E-state index in [9.17, 15) is 0 Å². The van der Waals surface area contributed by atoms with Gasteiger partial charge in [-0.3, -0.25) is 4.98 Å². The number of ether oxygens (including phenoxy) is 1. The topological polar surface area (TPSA) is 34.1 Å². The number of hydrogen-bond acceptors (Lipinski definition) is 3. The SMILES string of the molecule is COc1ccc(C[C@H]2CCNC2)nc1. The van der Waals surface area contributed by atoms with E-state index in [1.54, 1.807) is 13.3 Å². The molecule has 2 rings (SSSR count). The zero-order valence-corrected chi connectivity index (χ0v) is 8.49. The molecule has 2 heterocycles. The van der Waals surface area contributed by atoms with Gasteiger partial charge in [0.25, 0.3) is 0 Å². The second kappa shape index (κ2) is 4.42. The van der Waals surface area contributed by atoms with Crippen LogP contribution in [0, 0.1) is 5.92 Å². The highest BCUT2D eigenvalue weighted by molar-refractivity contribution is 5.19. The number of rotatable bonds is 3. The quantitative estimate of drug-likeness (QED) is 0.782. The van der Waals surface area contributed by atoms with Gasteiger partial charge in [-0.25, -0.2) is 0 Å². The van der Waals surface area contributed by atoms with Crippen LogP contribution < -0.4 is 10.1 Å². The van der Waals surface area contributed by atoms with E-state index >= 15 is 0 Å². The Morgan fingerprint density at radius 3 is 3.07 bits per heavy atom. The highest BCUT2D eigenvalue weighted by Gasteiger charge is 2.15. The summed E-state index contributed by atoms with van der Waals surface area (Å²) in [7, 11) is 1.66. The Balaban J connectivity index is 1.95. The van der Waals surface area contributed by atoms with Gasteiger partial charge in [0.05, 0.1) is 13.3 Å². The van der Waals surface area contributed by atoms with Crippen LogP contribution in [0.5, 0.6) is 5.75 Å². The summed E-state index contributed by atoms with van der Waals surface area (Å²) < 4.78 is 5.06. The molecule has 3 heteroatoms. The average molecular weight is 192 g/mol. The Hall–Kier alpha value is -1.09. The third kappa shape index (κ3) is 2.23. The molecule has 14 heavy (non-hydrogen) atoms. The van der Waals surface area contributed by atoms with Crippen molar-refractivity contribution in [2.75, 3.05) is 20.2 Å². The molecule has 1 N–H and O–H groups in total. The fourth-order valence-corrected chi connectivity index (χ4v) is 1.84. The first kappa shape index (κ1) is 9.46. The third-order valence-corrected chi connectivity index (χ3v) is 2.69. The molecule has 1 aliphatic rings. The van der Waals surface area contributed by atoms with Crippen LogP contribution in [0.15, 0.2) is 18.3 Å². The maximum absolute atomic E-state index is 5.06. The van der Waals surface area contributed by atoms with E-state index in [0.29, 0.717) is 0 Å². The lowest BCUT2D eigenvalue weighted by molar-refractivity contribution is 0.412. The molecule has 0 aliphatic carbocycles. The van der Waals surface area contributed by atoms with E-state index in [4.69, 9.17) is 4.74 Å². The number of nitrogens with one attached hydrogen (secondary N) is 1. The molecule has 0 amide bonds. The molecule has 1 saturated heterocycles. The molecule has 0 aromatic carbocycles. The summed E-state index contributed by atoms with van der Waals surface area (Å²) in [4.78, 5) is 4.36. The van der Waals surface area contributed by atoms with Gasteiger partial charge in [0.15, 0.2) is 0 Å². The molecule has 0 saturated carbocycles. The van der Waals surface area contributed by atoms with Gasteiger partial charge in [0, 0.05) is 5.69 Å². The molecule has 76 valence electrons. The highest BCUT2D eigenvalue weighted by atomic mass is 16.5. The van der Waals surface area contributed by atoms with Crippen molar-refractivity contribution in [2.45, 2.75) is 12.8 Å². The Labute approximate surface area is 84.5 Å². The summed E-state index contributed by atoms with van der Waals surface area (Å²) in [6.07, 6.45) is 4.14. The third-order valence-electron chi connectivity index (χ3n) is 2.69. The Bertz CT molecular complexity index is 278. The first-order valence-electron chi connectivity index (χ1n) is 5.08. The van der Waals surface area contributed by atoms with E-state index in [-0.39, 0.29) is 0 Å². The van der Waals surface area contributed by atoms with E-state index < -0.39 is 0 Å². The highest BCUT2D eigenvalue weighted by Crippen LogP contribution is 2.15. The number of methoxy groups -OCH3 is 1. The van der Waals surface area contributed by atoms with Crippen molar-refractivity contribution in [3.05, 3.63) is 24.0 Å². The molecule has 1 aromatic heterocycles. The van der Waals surface area contributed by atoms with Crippen LogP contribution in [0.2, 0.25) is 0 Å². The molecule has 3 nitrogen and oxygen atoms in total. The fourth-order valence-electron chi connectivity index (χ4n) is 1.84. The second-order valence-electron chi connectivity index (χ2n) is 3.75. The molecule has 1 fully saturated rings. The molecule has 1 atom stereocenters. The number of aromatic nitrogens is 1. The second-order valence-corrected chi connectivity index (χ2v) is 3.75. The lowest BCUT2D eigenvalue weighted by Gasteiger charge is -2.07. The Kier molecular flexibility index (Phi) is 2.99. The molecule has 1 aromatic rings. The standard InChI is InChI=1S/C11H16N2O/c1-14-11-3-2-10(13-8-11)6-9-4-5-12-7-9/h2-3,8-9,12H,4-7H2,1H3/t9-/m1/s1. The average Bonchev–Trinajstić information content (AvgIpc) is 2.72. The van der Waals surface area contributed by atoms with Gasteiger partial charge in [-0.05, 0) is 44.0 Å². The molecule has 1 aliphatic heterocycles. The zero-order chi connectivity index (χ0) is 9.80. The minimum absolute atomic E-state index is 0.760. The Morgan fingerprint density at radius 1 is 1.57 bits per heavy atom. The van der Waals surface area contributed by atoms with Crippen LogP contribution >= 0.6 is 0 Å². The van der Waals surface area contributed by atoms with Gasteiger partial charge < -0.3 is 10.1 Å². The normalized spacial score (nSPS) is 21.1. The van der Waals surface area contributed by atoms with Gasteiger partial charge in [-0.1, -0.05) is 0 Å². The van der Waals surface area contributed by atoms with Crippen molar-refractivity contribution in [1.82, 2.24) is 10.3 Å². The minimum atomic E-state index is 0.760. The first-order valence-corrected chi connectivity index (χ1v) is 5.08. The Morgan fingerprint density at radius 2 is 2.50 bits per heavy atom. The van der Waals surface area contributed by atoms with Crippen molar-refractivity contribution >= 4 is 0 Å². The molecule has 0 spiro atoms. The predicted octanol–water partition coefficient (Wildman–Crippen LogP) is 1.24. The summed E-state index contributed by atoms with van der Waals surface area (Å²) in [6.45, 7) is 2.29. The molecular weight excluding hydrogens is 176 g/mol. The largest absolute Gasteiger partial charge is 0.495 e. The van der Waals surface area contributed by atoms with Crippen molar-refractivity contribution < 1.29 is 4.74 Å². The van der Waals surface area contributed by atoms with Crippen molar-refractivity contribution in [3.63, 3.8) is 0 Å². The van der Waals surface area contributed by atoms with E-state index in [1.807, 2.05) is 6.07 Å². The first-order chi connectivity index (χ1) is 6.88. The van der Waals surface area contributed by atoms with Crippen LogP contribution in [0.3, 0.4) is 0 Å². The summed E-state index contributed by atoms with van der Waals surface area (Å²) >= 11 is 0. The van der Waals surface area contributed by atoms with Crippen molar-refractivity contribution in [1.29, 1.82) is 0 Å². The maximum atomic E-state index is 5.06. The lowest BCUT2D eigenvalue weighted by atomic mass is 10.0. The van der Waals surface area contributed by atoms with Gasteiger partial charge in [0.1, 0.15) is 5.75 Å². The fraction of sp³-hybridized carbons (Fsp3) is 0.545. The lowest BCUT2D eigenvalue weighted by Crippen LogP contribution is -2.11. The number of hydrogen-bond donors (Lipinski definition) is 1. The van der Waals surface area contributed by atoms with E-state index in [0.717, 1.165) is 31.2 Å².